The van der Waals surface area contributed by atoms with Crippen LogP contribution in [-0.4, -0.2) is 21.4 Å². The number of primary sulfonamides is 1. The number of benzene rings is 2. The van der Waals surface area contributed by atoms with Crippen LogP contribution in [0, 0.1) is 9.39 Å². The minimum absolute atomic E-state index is 0.00199. The van der Waals surface area contributed by atoms with Gasteiger partial charge in [0.15, 0.2) is 0 Å². The summed E-state index contributed by atoms with van der Waals surface area (Å²) in [5, 5.41) is 5.09. The summed E-state index contributed by atoms with van der Waals surface area (Å²) >= 11 is 1.79. The first kappa shape index (κ1) is 17.3. The van der Waals surface area contributed by atoms with Gasteiger partial charge in [-0.05, 0) is 52.9 Å². The van der Waals surface area contributed by atoms with Crippen molar-refractivity contribution in [3.63, 3.8) is 0 Å². The van der Waals surface area contributed by atoms with Crippen molar-refractivity contribution in [2.45, 2.75) is 9.79 Å². The van der Waals surface area contributed by atoms with Gasteiger partial charge in [0.1, 0.15) is 10.7 Å². The molecule has 118 valence electrons. The molecule has 10 heteroatoms. The fourth-order valence-corrected chi connectivity index (χ4v) is 4.09. The lowest BCUT2D eigenvalue weighted by Gasteiger charge is -2.13. The molecule has 0 saturated heterocycles. The van der Waals surface area contributed by atoms with E-state index < -0.39 is 35.7 Å². The highest BCUT2D eigenvalue weighted by Gasteiger charge is 2.26. The van der Waals surface area contributed by atoms with Gasteiger partial charge in [-0.25, -0.2) is 17.9 Å². The standard InChI is InChI=1S/C12H9FINO5S2/c13-7-4-5-9(14)8(6-7)12-10(21(15,16)17)2-1-3-11(12)22(18,19)20/h1-6H,(H2,15,16,17)(H,18,19,20). The zero-order chi connectivity index (χ0) is 16.7. The van der Waals surface area contributed by atoms with Gasteiger partial charge in [-0.1, -0.05) is 6.07 Å². The van der Waals surface area contributed by atoms with Crippen molar-refractivity contribution in [3.05, 3.63) is 45.8 Å². The molecule has 6 nitrogen and oxygen atoms in total. The average Bonchev–Trinajstić information content (AvgIpc) is 2.38. The van der Waals surface area contributed by atoms with E-state index in [-0.39, 0.29) is 11.1 Å². The summed E-state index contributed by atoms with van der Waals surface area (Å²) in [5.74, 6) is -0.694. The molecule has 0 unspecified atom stereocenters. The number of rotatable bonds is 3. The molecule has 0 aliphatic heterocycles. The van der Waals surface area contributed by atoms with Gasteiger partial charge in [0.25, 0.3) is 10.1 Å². The number of sulfonamides is 1. The molecule has 0 fully saturated rings. The van der Waals surface area contributed by atoms with Crippen LogP contribution in [0.1, 0.15) is 0 Å². The molecule has 0 aromatic heterocycles. The van der Waals surface area contributed by atoms with Crippen LogP contribution in [-0.2, 0) is 20.1 Å². The Morgan fingerprint density at radius 3 is 2.18 bits per heavy atom. The molecule has 2 aromatic carbocycles. The third-order valence-corrected chi connectivity index (χ3v) is 5.56. The van der Waals surface area contributed by atoms with Crippen molar-refractivity contribution in [1.29, 1.82) is 0 Å². The summed E-state index contributed by atoms with van der Waals surface area (Å²) in [6.45, 7) is 0. The molecule has 0 bridgehead atoms. The number of nitrogens with two attached hydrogens (primary N) is 1. The maximum Gasteiger partial charge on any atom is 0.295 e. The highest BCUT2D eigenvalue weighted by molar-refractivity contribution is 14.1. The van der Waals surface area contributed by atoms with Crippen molar-refractivity contribution in [3.8, 4) is 11.1 Å². The van der Waals surface area contributed by atoms with Gasteiger partial charge < -0.3 is 0 Å². The van der Waals surface area contributed by atoms with Crippen LogP contribution in [0.15, 0.2) is 46.2 Å². The molecule has 0 heterocycles. The Labute approximate surface area is 140 Å². The summed E-state index contributed by atoms with van der Waals surface area (Å²) in [6.07, 6.45) is 0. The number of halogens is 2. The molecular formula is C12H9FINO5S2. The van der Waals surface area contributed by atoms with E-state index in [4.69, 9.17) is 5.14 Å². The van der Waals surface area contributed by atoms with Crippen molar-refractivity contribution >= 4 is 42.7 Å². The first-order valence-electron chi connectivity index (χ1n) is 5.60. The van der Waals surface area contributed by atoms with Gasteiger partial charge in [-0.15, -0.1) is 0 Å². The summed E-state index contributed by atoms with van der Waals surface area (Å²) in [4.78, 5) is -1.19. The van der Waals surface area contributed by atoms with Crippen molar-refractivity contribution in [2.24, 2.45) is 5.14 Å². The SMILES string of the molecule is NS(=O)(=O)c1cccc(S(=O)(=O)O)c1-c1cc(F)ccc1I. The van der Waals surface area contributed by atoms with Gasteiger partial charge in [-0.2, -0.15) is 8.42 Å². The Bertz CT molecular complexity index is 907. The zero-order valence-electron chi connectivity index (χ0n) is 10.7. The van der Waals surface area contributed by atoms with E-state index in [2.05, 4.69) is 0 Å². The van der Waals surface area contributed by atoms with E-state index in [9.17, 15) is 25.8 Å². The van der Waals surface area contributed by atoms with Crippen LogP contribution in [0.3, 0.4) is 0 Å². The molecule has 0 spiro atoms. The Kier molecular flexibility index (Phi) is 4.59. The van der Waals surface area contributed by atoms with Crippen molar-refractivity contribution in [1.82, 2.24) is 0 Å². The molecule has 0 radical (unpaired) electrons. The molecular weight excluding hydrogens is 448 g/mol. The summed E-state index contributed by atoms with van der Waals surface area (Å²) in [6, 6.07) is 6.68. The predicted molar refractivity (Wildman–Crippen MR) is 85.7 cm³/mol. The van der Waals surface area contributed by atoms with E-state index in [1.165, 1.54) is 6.07 Å². The van der Waals surface area contributed by atoms with E-state index in [1.807, 2.05) is 0 Å². The second-order valence-electron chi connectivity index (χ2n) is 4.27. The summed E-state index contributed by atoms with van der Waals surface area (Å²) in [7, 11) is -9.04. The Morgan fingerprint density at radius 2 is 1.64 bits per heavy atom. The molecule has 0 aliphatic carbocycles. The van der Waals surface area contributed by atoms with Crippen LogP contribution in [0.4, 0.5) is 4.39 Å². The van der Waals surface area contributed by atoms with Crippen molar-refractivity contribution in [2.75, 3.05) is 0 Å². The number of hydrogen-bond acceptors (Lipinski definition) is 4. The average molecular weight is 457 g/mol. The van der Waals surface area contributed by atoms with Crippen LogP contribution in [0.2, 0.25) is 0 Å². The third kappa shape index (κ3) is 3.46. The summed E-state index contributed by atoms with van der Waals surface area (Å²) < 4.78 is 69.7. The van der Waals surface area contributed by atoms with E-state index >= 15 is 0 Å². The van der Waals surface area contributed by atoms with Gasteiger partial charge in [-0.3, -0.25) is 4.55 Å². The molecule has 22 heavy (non-hydrogen) atoms. The van der Waals surface area contributed by atoms with Gasteiger partial charge in [0.05, 0.1) is 4.90 Å². The lowest BCUT2D eigenvalue weighted by Crippen LogP contribution is -2.15. The summed E-state index contributed by atoms with van der Waals surface area (Å²) in [5.41, 5.74) is -0.366. The van der Waals surface area contributed by atoms with Gasteiger partial charge in [0.2, 0.25) is 10.0 Å². The molecule has 2 aromatic rings. The Morgan fingerprint density at radius 1 is 1.05 bits per heavy atom. The lowest BCUT2D eigenvalue weighted by molar-refractivity contribution is 0.483. The fourth-order valence-electron chi connectivity index (χ4n) is 1.92. The Hall–Kier alpha value is -1.08. The first-order valence-corrected chi connectivity index (χ1v) is 9.67. The molecule has 0 aliphatic rings. The van der Waals surface area contributed by atoms with Crippen LogP contribution >= 0.6 is 22.6 Å². The predicted octanol–water partition coefficient (Wildman–Crippen LogP) is 1.99. The largest absolute Gasteiger partial charge is 0.295 e. The highest BCUT2D eigenvalue weighted by Crippen LogP contribution is 2.36. The lowest BCUT2D eigenvalue weighted by atomic mass is 10.1. The smallest absolute Gasteiger partial charge is 0.282 e. The van der Waals surface area contributed by atoms with Crippen molar-refractivity contribution < 1.29 is 25.8 Å². The fraction of sp³-hybridized carbons (Fsp3) is 0. The van der Waals surface area contributed by atoms with Gasteiger partial charge >= 0.3 is 0 Å². The molecule has 2 rings (SSSR count). The topological polar surface area (TPSA) is 115 Å². The zero-order valence-corrected chi connectivity index (χ0v) is 14.5. The second kappa shape index (κ2) is 5.85. The monoisotopic (exact) mass is 457 g/mol. The van der Waals surface area contributed by atoms with E-state index in [0.717, 1.165) is 30.3 Å². The normalized spacial score (nSPS) is 12.4. The maximum absolute atomic E-state index is 13.5. The molecule has 0 saturated carbocycles. The second-order valence-corrected chi connectivity index (χ2v) is 8.36. The van der Waals surface area contributed by atoms with Crippen LogP contribution < -0.4 is 5.14 Å². The number of hydrogen-bond donors (Lipinski definition) is 2. The highest BCUT2D eigenvalue weighted by atomic mass is 127. The molecule has 0 amide bonds. The van der Waals surface area contributed by atoms with Crippen LogP contribution in [0.25, 0.3) is 11.1 Å². The van der Waals surface area contributed by atoms with E-state index in [0.29, 0.717) is 3.57 Å². The van der Waals surface area contributed by atoms with Crippen LogP contribution in [0.5, 0.6) is 0 Å². The first-order chi connectivity index (χ1) is 10.0. The quantitative estimate of drug-likeness (QED) is 0.541. The minimum Gasteiger partial charge on any atom is -0.282 e. The Balaban J connectivity index is 3.03. The maximum atomic E-state index is 13.5. The minimum atomic E-state index is -4.74. The van der Waals surface area contributed by atoms with E-state index in [1.54, 1.807) is 22.6 Å². The van der Waals surface area contributed by atoms with Gasteiger partial charge in [0, 0.05) is 14.7 Å². The third-order valence-electron chi connectivity index (χ3n) is 2.77. The molecule has 3 N–H and O–H groups in total. The molecule has 0 atom stereocenters.